The summed E-state index contributed by atoms with van der Waals surface area (Å²) in [4.78, 5) is 62.2. The van der Waals surface area contributed by atoms with Gasteiger partial charge in [-0.15, -0.1) is 6.58 Å². The normalized spacial score (nSPS) is 23.4. The summed E-state index contributed by atoms with van der Waals surface area (Å²) < 4.78 is 6.03. The van der Waals surface area contributed by atoms with Crippen LogP contribution in [0.1, 0.15) is 23.8 Å². The highest BCUT2D eigenvalue weighted by molar-refractivity contribution is 6.09. The van der Waals surface area contributed by atoms with E-state index in [0.717, 1.165) is 4.90 Å². The monoisotopic (exact) mass is 560 g/mol. The van der Waals surface area contributed by atoms with Crippen LogP contribution in [0.4, 0.5) is 11.4 Å². The van der Waals surface area contributed by atoms with Gasteiger partial charge in [-0.2, -0.15) is 0 Å². The van der Waals surface area contributed by atoms with Crippen molar-refractivity contribution in [3.05, 3.63) is 105 Å². The third-order valence-electron chi connectivity index (χ3n) is 7.61. The predicted octanol–water partition coefficient (Wildman–Crippen LogP) is 3.65. The van der Waals surface area contributed by atoms with E-state index in [1.165, 1.54) is 48.5 Å². The number of nitrogens with one attached hydrogen (secondary N) is 1. The van der Waals surface area contributed by atoms with E-state index in [4.69, 9.17) is 4.42 Å². The third kappa shape index (κ3) is 4.65. The second-order valence-corrected chi connectivity index (χ2v) is 9.91. The first-order valence-electron chi connectivity index (χ1n) is 12.6. The molecule has 4 atom stereocenters. The van der Waals surface area contributed by atoms with Gasteiger partial charge in [0.15, 0.2) is 0 Å². The maximum Gasteiger partial charge on any atom is 0.325 e. The third-order valence-corrected chi connectivity index (χ3v) is 7.61. The predicted molar refractivity (Wildman–Crippen MR) is 142 cm³/mol. The van der Waals surface area contributed by atoms with E-state index in [-0.39, 0.29) is 30.1 Å². The fourth-order valence-corrected chi connectivity index (χ4v) is 5.66. The smallest absolute Gasteiger partial charge is 0.325 e. The van der Waals surface area contributed by atoms with Gasteiger partial charge < -0.3 is 9.52 Å². The van der Waals surface area contributed by atoms with Crippen molar-refractivity contribution >= 4 is 29.2 Å². The number of carboxylic acid groups (broad SMARTS) is 1. The van der Waals surface area contributed by atoms with Gasteiger partial charge in [0.05, 0.1) is 27.7 Å². The molecule has 4 unspecified atom stereocenters. The maximum atomic E-state index is 13.6. The highest BCUT2D eigenvalue weighted by Crippen LogP contribution is 2.50. The first-order chi connectivity index (χ1) is 19.6. The van der Waals surface area contributed by atoms with E-state index < -0.39 is 51.0 Å². The second-order valence-electron chi connectivity index (χ2n) is 9.91. The number of benzene rings is 2. The molecule has 41 heavy (non-hydrogen) atoms. The number of imide groups is 1. The Morgan fingerprint density at radius 3 is 2.17 bits per heavy atom. The fourth-order valence-electron chi connectivity index (χ4n) is 5.66. The van der Waals surface area contributed by atoms with E-state index in [1.807, 2.05) is 0 Å². The standard InChI is InChI=1S/C28H24N4O9/c1-2-3-14-30-25(33)22-23(26(30)34)28(27(35)36,15-16-4-8-18(9-5-16)31(37)38)29-24(22)21-13-12-20(41-21)17-6-10-19(11-7-17)32(39)40/h2,4-13,22-24,29H,1,3,14-15H2,(H,35,36). The Hall–Kier alpha value is -5.17. The Morgan fingerprint density at radius 2 is 1.61 bits per heavy atom. The van der Waals surface area contributed by atoms with Crippen LogP contribution in [-0.4, -0.2) is 49.7 Å². The molecule has 1 aromatic heterocycles. The molecule has 2 fully saturated rings. The molecule has 3 heterocycles. The average molecular weight is 561 g/mol. The molecule has 13 nitrogen and oxygen atoms in total. The summed E-state index contributed by atoms with van der Waals surface area (Å²) in [5.41, 5.74) is -1.27. The minimum absolute atomic E-state index is 0.0420. The van der Waals surface area contributed by atoms with Crippen molar-refractivity contribution in [3.8, 4) is 11.3 Å². The molecule has 5 rings (SSSR count). The zero-order valence-corrected chi connectivity index (χ0v) is 21.5. The van der Waals surface area contributed by atoms with Crippen molar-refractivity contribution in [1.29, 1.82) is 0 Å². The van der Waals surface area contributed by atoms with Gasteiger partial charge in [0.1, 0.15) is 17.1 Å². The number of nitro groups is 2. The Morgan fingerprint density at radius 1 is 1.00 bits per heavy atom. The van der Waals surface area contributed by atoms with Gasteiger partial charge in [-0.1, -0.05) is 18.2 Å². The number of nitrogens with zero attached hydrogens (tertiary/aromatic N) is 3. The van der Waals surface area contributed by atoms with Crippen molar-refractivity contribution in [2.45, 2.75) is 24.4 Å². The summed E-state index contributed by atoms with van der Waals surface area (Å²) in [5, 5.41) is 35.7. The Balaban J connectivity index is 1.55. The molecule has 2 aliphatic rings. The first kappa shape index (κ1) is 27.4. The van der Waals surface area contributed by atoms with E-state index in [9.17, 15) is 39.7 Å². The summed E-state index contributed by atoms with van der Waals surface area (Å²) in [6.45, 7) is 3.67. The molecule has 0 bridgehead atoms. The lowest BCUT2D eigenvalue weighted by molar-refractivity contribution is -0.385. The summed E-state index contributed by atoms with van der Waals surface area (Å²) in [5.74, 6) is -4.38. The van der Waals surface area contributed by atoms with E-state index in [0.29, 0.717) is 23.3 Å². The summed E-state index contributed by atoms with van der Waals surface area (Å²) >= 11 is 0. The lowest BCUT2D eigenvalue weighted by atomic mass is 9.76. The van der Waals surface area contributed by atoms with Crippen molar-refractivity contribution in [2.75, 3.05) is 6.54 Å². The zero-order chi connectivity index (χ0) is 29.5. The van der Waals surface area contributed by atoms with Crippen molar-refractivity contribution < 1.29 is 33.8 Å². The van der Waals surface area contributed by atoms with Gasteiger partial charge in [0.25, 0.3) is 11.4 Å². The lowest BCUT2D eigenvalue weighted by Crippen LogP contribution is -2.57. The lowest BCUT2D eigenvalue weighted by Gasteiger charge is -2.31. The topological polar surface area (TPSA) is 186 Å². The number of nitro benzene ring substituents is 2. The summed E-state index contributed by atoms with van der Waals surface area (Å²) in [6, 6.07) is 13.1. The largest absolute Gasteiger partial charge is 0.480 e. The molecule has 0 radical (unpaired) electrons. The molecular weight excluding hydrogens is 536 g/mol. The van der Waals surface area contributed by atoms with Gasteiger partial charge in [-0.25, -0.2) is 0 Å². The maximum absolute atomic E-state index is 13.6. The number of amides is 2. The number of carbonyl (C=O) groups excluding carboxylic acids is 2. The van der Waals surface area contributed by atoms with Gasteiger partial charge in [-0.3, -0.25) is 44.8 Å². The molecule has 13 heteroatoms. The van der Waals surface area contributed by atoms with E-state index in [2.05, 4.69) is 11.9 Å². The molecule has 2 aromatic carbocycles. The molecular formula is C28H24N4O9. The minimum Gasteiger partial charge on any atom is -0.480 e. The number of hydrogen-bond donors (Lipinski definition) is 2. The Bertz CT molecular complexity index is 1560. The minimum atomic E-state index is -1.93. The van der Waals surface area contributed by atoms with Gasteiger partial charge in [0.2, 0.25) is 11.8 Å². The number of furan rings is 1. The van der Waals surface area contributed by atoms with Crippen LogP contribution in [0.5, 0.6) is 0 Å². The molecule has 2 amide bonds. The van der Waals surface area contributed by atoms with Crippen LogP contribution in [0, 0.1) is 32.1 Å². The van der Waals surface area contributed by atoms with Gasteiger partial charge >= 0.3 is 5.97 Å². The van der Waals surface area contributed by atoms with Crippen LogP contribution < -0.4 is 5.32 Å². The first-order valence-corrected chi connectivity index (χ1v) is 12.6. The summed E-state index contributed by atoms with van der Waals surface area (Å²) in [6.07, 6.45) is 1.64. The van der Waals surface area contributed by atoms with Crippen LogP contribution in [0.25, 0.3) is 11.3 Å². The summed E-state index contributed by atoms with van der Waals surface area (Å²) in [7, 11) is 0. The van der Waals surface area contributed by atoms with Gasteiger partial charge in [-0.05, 0) is 36.2 Å². The van der Waals surface area contributed by atoms with Gasteiger partial charge in [0, 0.05) is 42.8 Å². The molecule has 3 aromatic rings. The van der Waals surface area contributed by atoms with E-state index >= 15 is 0 Å². The molecule has 210 valence electrons. The van der Waals surface area contributed by atoms with Crippen LogP contribution in [0.15, 0.2) is 77.7 Å². The number of aliphatic carboxylic acids is 1. The fraction of sp³-hybridized carbons (Fsp3) is 0.250. The Labute approximate surface area is 232 Å². The second kappa shape index (κ2) is 10.4. The quantitative estimate of drug-likeness (QED) is 0.160. The van der Waals surface area contributed by atoms with Crippen LogP contribution >= 0.6 is 0 Å². The van der Waals surface area contributed by atoms with Crippen molar-refractivity contribution in [1.82, 2.24) is 10.2 Å². The molecule has 2 N–H and O–H groups in total. The number of likely N-dealkylation sites (tertiary alicyclic amines) is 1. The molecule has 2 aliphatic heterocycles. The number of hydrogen-bond acceptors (Lipinski definition) is 9. The number of carboxylic acids is 1. The van der Waals surface area contributed by atoms with Crippen molar-refractivity contribution in [2.24, 2.45) is 11.8 Å². The number of carbonyl (C=O) groups is 3. The molecule has 0 spiro atoms. The van der Waals surface area contributed by atoms with Crippen LogP contribution in [-0.2, 0) is 20.8 Å². The van der Waals surface area contributed by atoms with Crippen LogP contribution in [0.3, 0.4) is 0 Å². The zero-order valence-electron chi connectivity index (χ0n) is 21.5. The van der Waals surface area contributed by atoms with Crippen LogP contribution in [0.2, 0.25) is 0 Å². The molecule has 0 saturated carbocycles. The highest BCUT2D eigenvalue weighted by atomic mass is 16.6. The van der Waals surface area contributed by atoms with E-state index in [1.54, 1.807) is 18.2 Å². The van der Waals surface area contributed by atoms with Crippen molar-refractivity contribution in [3.63, 3.8) is 0 Å². The molecule has 0 aliphatic carbocycles. The number of fused-ring (bicyclic) bond motifs is 1. The number of non-ortho nitro benzene ring substituents is 2. The SMILES string of the molecule is C=CCCN1C(=O)C2C(c3ccc(-c4ccc([N+](=O)[O-])cc4)o3)NC(Cc3ccc([N+](=O)[O-])cc3)(C(=O)O)C2C1=O. The average Bonchev–Trinajstić information content (AvgIpc) is 3.63. The highest BCUT2D eigenvalue weighted by Gasteiger charge is 2.68. The molecule has 2 saturated heterocycles. The number of rotatable bonds is 10. The Kier molecular flexibility index (Phi) is 6.97.